The van der Waals surface area contributed by atoms with Crippen LogP contribution in [0.15, 0.2) is 18.2 Å². The predicted molar refractivity (Wildman–Crippen MR) is 73.0 cm³/mol. The highest BCUT2D eigenvalue weighted by molar-refractivity contribution is 5.87. The molecule has 1 rings (SSSR count). The monoisotopic (exact) mass is 266 g/mol. The minimum absolute atomic E-state index is 0.0451. The van der Waals surface area contributed by atoms with Gasteiger partial charge in [0.2, 0.25) is 5.91 Å². The predicted octanol–water partition coefficient (Wildman–Crippen LogP) is 1.94. The lowest BCUT2D eigenvalue weighted by atomic mass is 10.1. The quantitative estimate of drug-likeness (QED) is 0.739. The second-order valence-corrected chi connectivity index (χ2v) is 4.22. The number of nitrogens with zero attached hydrogens (tertiary/aromatic N) is 2. The summed E-state index contributed by atoms with van der Waals surface area (Å²) in [7, 11) is 1.60. The van der Waals surface area contributed by atoms with Crippen molar-refractivity contribution in [2.24, 2.45) is 0 Å². The number of amides is 1. The lowest BCUT2D eigenvalue weighted by Crippen LogP contribution is -2.39. The second-order valence-electron chi connectivity index (χ2n) is 4.22. The maximum absolute atomic E-state index is 13.8. The molecule has 0 atom stereocenters. The van der Waals surface area contributed by atoms with Crippen molar-refractivity contribution in [2.75, 3.05) is 31.6 Å². The third-order valence-electron chi connectivity index (χ3n) is 3.02. The van der Waals surface area contributed by atoms with Crippen LogP contribution >= 0.6 is 0 Å². The molecule has 4 nitrogen and oxygen atoms in total. The van der Waals surface area contributed by atoms with Gasteiger partial charge in [-0.2, -0.15) is 0 Å². The molecule has 0 heterocycles. The van der Waals surface area contributed by atoms with Gasteiger partial charge in [0.25, 0.3) is 0 Å². The highest BCUT2D eigenvalue weighted by atomic mass is 19.1. The molecule has 0 aliphatic heterocycles. The van der Waals surface area contributed by atoms with E-state index in [9.17, 15) is 14.0 Å². The van der Waals surface area contributed by atoms with Gasteiger partial charge in [0.05, 0.1) is 12.2 Å². The molecular formula is C14H19FN2O2. The van der Waals surface area contributed by atoms with Crippen molar-refractivity contribution in [3.8, 4) is 0 Å². The number of likely N-dealkylation sites (N-methyl/N-ethyl adjacent to an activating group) is 2. The summed E-state index contributed by atoms with van der Waals surface area (Å²) in [4.78, 5) is 26.0. The fraction of sp³-hybridized carbons (Fsp3) is 0.429. The number of aldehydes is 1. The SMILES string of the molecule is CCN(CC)C(=O)CN(C)c1c(F)cccc1C=O. The van der Waals surface area contributed by atoms with Gasteiger partial charge in [0.1, 0.15) is 5.82 Å². The van der Waals surface area contributed by atoms with E-state index in [0.29, 0.717) is 19.4 Å². The Morgan fingerprint density at radius 1 is 1.32 bits per heavy atom. The summed E-state index contributed by atoms with van der Waals surface area (Å²) < 4.78 is 13.8. The first kappa shape index (κ1) is 15.1. The summed E-state index contributed by atoms with van der Waals surface area (Å²) in [5.74, 6) is -0.591. The Bertz CT molecular complexity index is 459. The average Bonchev–Trinajstić information content (AvgIpc) is 2.39. The number of rotatable bonds is 6. The highest BCUT2D eigenvalue weighted by Crippen LogP contribution is 2.22. The van der Waals surface area contributed by atoms with Crippen molar-refractivity contribution in [3.05, 3.63) is 29.6 Å². The molecule has 19 heavy (non-hydrogen) atoms. The summed E-state index contributed by atoms with van der Waals surface area (Å²) in [6, 6.07) is 4.28. The average molecular weight is 266 g/mol. The minimum Gasteiger partial charge on any atom is -0.362 e. The number of benzene rings is 1. The normalized spacial score (nSPS) is 10.1. The van der Waals surface area contributed by atoms with Crippen LogP contribution in [0.2, 0.25) is 0 Å². The number of carbonyl (C=O) groups excluding carboxylic acids is 2. The van der Waals surface area contributed by atoms with E-state index >= 15 is 0 Å². The molecular weight excluding hydrogens is 247 g/mol. The van der Waals surface area contributed by atoms with Crippen LogP contribution in [0.1, 0.15) is 24.2 Å². The zero-order valence-corrected chi connectivity index (χ0v) is 11.5. The van der Waals surface area contributed by atoms with E-state index in [-0.39, 0.29) is 23.7 Å². The molecule has 0 aromatic heterocycles. The van der Waals surface area contributed by atoms with Crippen molar-refractivity contribution < 1.29 is 14.0 Å². The second kappa shape index (κ2) is 6.87. The van der Waals surface area contributed by atoms with Crippen LogP contribution in [0.4, 0.5) is 10.1 Å². The van der Waals surface area contributed by atoms with Crippen LogP contribution in [0.5, 0.6) is 0 Å². The molecule has 5 heteroatoms. The molecule has 1 aromatic carbocycles. The molecule has 0 bridgehead atoms. The van der Waals surface area contributed by atoms with E-state index in [1.165, 1.54) is 23.1 Å². The molecule has 0 unspecified atom stereocenters. The van der Waals surface area contributed by atoms with Crippen molar-refractivity contribution in [1.29, 1.82) is 0 Å². The third-order valence-corrected chi connectivity index (χ3v) is 3.02. The van der Waals surface area contributed by atoms with E-state index in [1.54, 1.807) is 11.9 Å². The van der Waals surface area contributed by atoms with Gasteiger partial charge in [-0.05, 0) is 26.0 Å². The lowest BCUT2D eigenvalue weighted by Gasteiger charge is -2.25. The molecule has 0 aliphatic carbocycles. The first-order chi connectivity index (χ1) is 9.04. The summed E-state index contributed by atoms with van der Waals surface area (Å²) in [6.07, 6.45) is 0.594. The van der Waals surface area contributed by atoms with Crippen LogP contribution in [0.3, 0.4) is 0 Å². The highest BCUT2D eigenvalue weighted by Gasteiger charge is 2.17. The molecule has 104 valence electrons. The fourth-order valence-electron chi connectivity index (χ4n) is 1.99. The first-order valence-electron chi connectivity index (χ1n) is 6.27. The standard InChI is InChI=1S/C14H19FN2O2/c1-4-17(5-2)13(19)9-16(3)14-11(10-18)7-6-8-12(14)15/h6-8,10H,4-5,9H2,1-3H3. The van der Waals surface area contributed by atoms with Crippen LogP contribution in [-0.2, 0) is 4.79 Å². The number of hydrogen-bond acceptors (Lipinski definition) is 3. The maximum Gasteiger partial charge on any atom is 0.242 e. The van der Waals surface area contributed by atoms with Gasteiger partial charge in [-0.1, -0.05) is 6.07 Å². The van der Waals surface area contributed by atoms with Crippen molar-refractivity contribution in [1.82, 2.24) is 4.90 Å². The van der Waals surface area contributed by atoms with E-state index in [0.717, 1.165) is 0 Å². The Morgan fingerprint density at radius 2 is 1.95 bits per heavy atom. The largest absolute Gasteiger partial charge is 0.362 e. The van der Waals surface area contributed by atoms with E-state index in [1.807, 2.05) is 13.8 Å². The van der Waals surface area contributed by atoms with Gasteiger partial charge < -0.3 is 9.80 Å². The molecule has 0 fully saturated rings. The van der Waals surface area contributed by atoms with Gasteiger partial charge in [-0.3, -0.25) is 9.59 Å². The number of anilines is 1. The number of carbonyl (C=O) groups is 2. The Balaban J connectivity index is 2.92. The van der Waals surface area contributed by atoms with Crippen LogP contribution in [-0.4, -0.2) is 43.8 Å². The van der Waals surface area contributed by atoms with Gasteiger partial charge in [-0.25, -0.2) is 4.39 Å². The topological polar surface area (TPSA) is 40.6 Å². The zero-order chi connectivity index (χ0) is 14.4. The number of halogens is 1. The first-order valence-corrected chi connectivity index (χ1v) is 6.27. The molecule has 1 amide bonds. The Morgan fingerprint density at radius 3 is 2.47 bits per heavy atom. The van der Waals surface area contributed by atoms with E-state index in [4.69, 9.17) is 0 Å². The molecule has 0 saturated heterocycles. The third kappa shape index (κ3) is 3.53. The number of hydrogen-bond donors (Lipinski definition) is 0. The summed E-state index contributed by atoms with van der Waals surface area (Å²) in [5.41, 5.74) is 0.410. The van der Waals surface area contributed by atoms with Crippen molar-refractivity contribution >= 4 is 17.9 Å². The molecule has 0 N–H and O–H groups in total. The zero-order valence-electron chi connectivity index (χ0n) is 11.5. The Labute approximate surface area is 112 Å². The molecule has 0 spiro atoms. The van der Waals surface area contributed by atoms with Gasteiger partial charge >= 0.3 is 0 Å². The molecule has 1 aromatic rings. The number of para-hydroxylation sites is 1. The molecule has 0 radical (unpaired) electrons. The Kier molecular flexibility index (Phi) is 5.48. The summed E-state index contributed by atoms with van der Waals surface area (Å²) >= 11 is 0. The van der Waals surface area contributed by atoms with E-state index in [2.05, 4.69) is 0 Å². The van der Waals surface area contributed by atoms with Crippen LogP contribution in [0, 0.1) is 5.82 Å². The maximum atomic E-state index is 13.8. The Hall–Kier alpha value is -1.91. The lowest BCUT2D eigenvalue weighted by molar-refractivity contribution is -0.129. The van der Waals surface area contributed by atoms with Gasteiger partial charge in [0.15, 0.2) is 6.29 Å². The minimum atomic E-state index is -0.501. The van der Waals surface area contributed by atoms with Crippen molar-refractivity contribution in [3.63, 3.8) is 0 Å². The van der Waals surface area contributed by atoms with Crippen LogP contribution in [0.25, 0.3) is 0 Å². The molecule has 0 saturated carbocycles. The van der Waals surface area contributed by atoms with E-state index < -0.39 is 5.82 Å². The van der Waals surface area contributed by atoms with Crippen LogP contribution < -0.4 is 4.90 Å². The van der Waals surface area contributed by atoms with Crippen molar-refractivity contribution in [2.45, 2.75) is 13.8 Å². The smallest absolute Gasteiger partial charge is 0.242 e. The van der Waals surface area contributed by atoms with Gasteiger partial charge in [-0.15, -0.1) is 0 Å². The fourth-order valence-corrected chi connectivity index (χ4v) is 1.99. The summed E-state index contributed by atoms with van der Waals surface area (Å²) in [6.45, 7) is 5.05. The van der Waals surface area contributed by atoms with Gasteiger partial charge in [0, 0.05) is 25.7 Å². The summed E-state index contributed by atoms with van der Waals surface area (Å²) in [5, 5.41) is 0. The molecule has 0 aliphatic rings.